The molecule has 3 aromatic rings. The first-order valence-electron chi connectivity index (χ1n) is 9.63. The number of allylic oxidation sites excluding steroid dienone is 1. The molecule has 3 heteroatoms. The summed E-state index contributed by atoms with van der Waals surface area (Å²) in [6.07, 6.45) is 4.84. The van der Waals surface area contributed by atoms with E-state index in [1.54, 1.807) is 0 Å². The zero-order valence-corrected chi connectivity index (χ0v) is 16.2. The summed E-state index contributed by atoms with van der Waals surface area (Å²) in [5.41, 5.74) is 5.02. The Balaban J connectivity index is 1.63. The van der Waals surface area contributed by atoms with Crippen LogP contribution in [0.4, 0.5) is 0 Å². The summed E-state index contributed by atoms with van der Waals surface area (Å²) >= 11 is 0. The van der Waals surface area contributed by atoms with Gasteiger partial charge in [0.1, 0.15) is 11.4 Å². The van der Waals surface area contributed by atoms with Gasteiger partial charge >= 0.3 is 0 Å². The molecule has 0 radical (unpaired) electrons. The van der Waals surface area contributed by atoms with Gasteiger partial charge < -0.3 is 9.26 Å². The Labute approximate surface area is 161 Å². The van der Waals surface area contributed by atoms with Crippen molar-refractivity contribution < 1.29 is 9.26 Å². The van der Waals surface area contributed by atoms with E-state index in [2.05, 4.69) is 18.7 Å². The normalized spacial score (nSPS) is 10.7. The maximum absolute atomic E-state index is 5.80. The molecule has 0 bridgehead atoms. The lowest BCUT2D eigenvalue weighted by molar-refractivity contribution is 0.305. The third-order valence-corrected chi connectivity index (χ3v) is 4.59. The average Bonchev–Trinajstić information content (AvgIpc) is 3.18. The van der Waals surface area contributed by atoms with Crippen LogP contribution in [0.1, 0.15) is 45.1 Å². The van der Waals surface area contributed by atoms with Crippen LogP contribution < -0.4 is 4.74 Å². The third-order valence-electron chi connectivity index (χ3n) is 4.59. The van der Waals surface area contributed by atoms with Crippen molar-refractivity contribution in [3.05, 3.63) is 66.7 Å². The number of benzene rings is 2. The van der Waals surface area contributed by atoms with E-state index < -0.39 is 0 Å². The second-order valence-electron chi connectivity index (χ2n) is 6.87. The number of hydrogen-bond donors (Lipinski definition) is 0. The molecule has 0 aliphatic rings. The maximum atomic E-state index is 5.80. The molecule has 0 unspecified atom stereocenters. The Morgan fingerprint density at radius 1 is 0.963 bits per heavy atom. The van der Waals surface area contributed by atoms with Crippen molar-refractivity contribution in [3.8, 4) is 28.3 Å². The number of hydrogen-bond acceptors (Lipinski definition) is 3. The zero-order valence-electron chi connectivity index (χ0n) is 16.2. The quantitative estimate of drug-likeness (QED) is 0.385. The van der Waals surface area contributed by atoms with Gasteiger partial charge in [0.25, 0.3) is 0 Å². The Hall–Kier alpha value is -2.81. The second kappa shape index (κ2) is 9.22. The number of ether oxygens (including phenoxy) is 1. The van der Waals surface area contributed by atoms with E-state index in [0.717, 1.165) is 52.5 Å². The smallest absolute Gasteiger partial charge is 0.167 e. The molecule has 2 aromatic carbocycles. The van der Waals surface area contributed by atoms with E-state index in [1.807, 2.05) is 61.5 Å². The van der Waals surface area contributed by atoms with Crippen molar-refractivity contribution in [2.24, 2.45) is 0 Å². The van der Waals surface area contributed by atoms with Gasteiger partial charge in [0.05, 0.1) is 6.61 Å². The van der Waals surface area contributed by atoms with Crippen molar-refractivity contribution in [2.45, 2.75) is 39.5 Å². The van der Waals surface area contributed by atoms with Crippen molar-refractivity contribution in [2.75, 3.05) is 6.61 Å². The molecule has 1 aromatic heterocycles. The molecular formula is C24H27NO2. The van der Waals surface area contributed by atoms with Gasteiger partial charge in [0.15, 0.2) is 5.76 Å². The van der Waals surface area contributed by atoms with Crippen LogP contribution in [-0.4, -0.2) is 11.8 Å². The largest absolute Gasteiger partial charge is 0.494 e. The fraction of sp³-hybridized carbons (Fsp3) is 0.292. The highest BCUT2D eigenvalue weighted by atomic mass is 16.5. The molecule has 140 valence electrons. The van der Waals surface area contributed by atoms with Gasteiger partial charge in [0.2, 0.25) is 0 Å². The molecule has 0 spiro atoms. The van der Waals surface area contributed by atoms with Crippen LogP contribution in [0.3, 0.4) is 0 Å². The predicted molar refractivity (Wildman–Crippen MR) is 112 cm³/mol. The van der Waals surface area contributed by atoms with Crippen molar-refractivity contribution >= 4 is 5.57 Å². The third kappa shape index (κ3) is 5.10. The molecule has 0 aliphatic carbocycles. The van der Waals surface area contributed by atoms with Crippen LogP contribution in [0, 0.1) is 0 Å². The minimum atomic E-state index is 0.759. The van der Waals surface area contributed by atoms with Crippen LogP contribution in [0.2, 0.25) is 0 Å². The SMILES string of the molecule is C=C(C)c1ccc(-c2cc(-c3ccc(OCCCCCC)cc3)no2)cc1. The Morgan fingerprint density at radius 3 is 2.33 bits per heavy atom. The van der Waals surface area contributed by atoms with Crippen LogP contribution in [0.5, 0.6) is 5.75 Å². The molecule has 0 saturated carbocycles. The molecule has 3 rings (SSSR count). The Bertz CT molecular complexity index is 860. The van der Waals surface area contributed by atoms with Gasteiger partial charge in [-0.3, -0.25) is 0 Å². The number of rotatable bonds is 9. The maximum Gasteiger partial charge on any atom is 0.167 e. The van der Waals surface area contributed by atoms with Crippen LogP contribution in [0.15, 0.2) is 65.7 Å². The summed E-state index contributed by atoms with van der Waals surface area (Å²) in [5.74, 6) is 1.66. The van der Waals surface area contributed by atoms with Crippen molar-refractivity contribution in [3.63, 3.8) is 0 Å². The van der Waals surface area contributed by atoms with Gasteiger partial charge in [-0.25, -0.2) is 0 Å². The fourth-order valence-corrected chi connectivity index (χ4v) is 2.91. The lowest BCUT2D eigenvalue weighted by atomic mass is 10.0. The standard InChI is InChI=1S/C24H27NO2/c1-4-5-6-7-16-26-22-14-12-20(13-15-22)23-17-24(27-25-23)21-10-8-19(9-11-21)18(2)3/h8-15,17H,2,4-7,16H2,1,3H3. The van der Waals surface area contributed by atoms with E-state index in [1.165, 1.54) is 19.3 Å². The van der Waals surface area contributed by atoms with Crippen molar-refractivity contribution in [1.29, 1.82) is 0 Å². The lowest BCUT2D eigenvalue weighted by Gasteiger charge is -2.06. The van der Waals surface area contributed by atoms with Gasteiger partial charge in [0, 0.05) is 17.2 Å². The summed E-state index contributed by atoms with van der Waals surface area (Å²) < 4.78 is 11.3. The van der Waals surface area contributed by atoms with E-state index in [9.17, 15) is 0 Å². The van der Waals surface area contributed by atoms with Gasteiger partial charge in [-0.2, -0.15) is 0 Å². The number of unbranched alkanes of at least 4 members (excludes halogenated alkanes) is 3. The minimum absolute atomic E-state index is 0.759. The van der Waals surface area contributed by atoms with Crippen LogP contribution in [-0.2, 0) is 0 Å². The first kappa shape index (κ1) is 19.0. The summed E-state index contributed by atoms with van der Waals surface area (Å²) in [6.45, 7) is 8.95. The highest BCUT2D eigenvalue weighted by Gasteiger charge is 2.09. The van der Waals surface area contributed by atoms with E-state index in [4.69, 9.17) is 9.26 Å². The minimum Gasteiger partial charge on any atom is -0.494 e. The fourth-order valence-electron chi connectivity index (χ4n) is 2.91. The summed E-state index contributed by atoms with van der Waals surface area (Å²) in [5, 5.41) is 4.21. The molecule has 1 heterocycles. The average molecular weight is 361 g/mol. The lowest BCUT2D eigenvalue weighted by Crippen LogP contribution is -1.96. The molecule has 0 aliphatic heterocycles. The Kier molecular flexibility index (Phi) is 6.48. The first-order chi connectivity index (χ1) is 13.2. The molecule has 3 nitrogen and oxygen atoms in total. The molecular weight excluding hydrogens is 334 g/mol. The monoisotopic (exact) mass is 361 g/mol. The number of aromatic nitrogens is 1. The highest BCUT2D eigenvalue weighted by molar-refractivity contribution is 5.69. The van der Waals surface area contributed by atoms with Gasteiger partial charge in [-0.05, 0) is 43.2 Å². The summed E-state index contributed by atoms with van der Waals surface area (Å²) in [4.78, 5) is 0. The molecule has 0 fully saturated rings. The van der Waals surface area contributed by atoms with E-state index in [-0.39, 0.29) is 0 Å². The second-order valence-corrected chi connectivity index (χ2v) is 6.87. The number of nitrogens with zero attached hydrogens (tertiary/aromatic N) is 1. The van der Waals surface area contributed by atoms with Gasteiger partial charge in [-0.1, -0.05) is 67.8 Å². The topological polar surface area (TPSA) is 35.3 Å². The molecule has 0 atom stereocenters. The van der Waals surface area contributed by atoms with E-state index in [0.29, 0.717) is 0 Å². The highest BCUT2D eigenvalue weighted by Crippen LogP contribution is 2.28. The summed E-state index contributed by atoms with van der Waals surface area (Å²) in [6, 6.07) is 18.2. The Morgan fingerprint density at radius 2 is 1.67 bits per heavy atom. The van der Waals surface area contributed by atoms with Crippen LogP contribution >= 0.6 is 0 Å². The van der Waals surface area contributed by atoms with Gasteiger partial charge in [-0.15, -0.1) is 0 Å². The van der Waals surface area contributed by atoms with Crippen LogP contribution in [0.25, 0.3) is 28.2 Å². The first-order valence-corrected chi connectivity index (χ1v) is 9.63. The molecule has 0 N–H and O–H groups in total. The van der Waals surface area contributed by atoms with E-state index >= 15 is 0 Å². The zero-order chi connectivity index (χ0) is 19.1. The molecule has 0 amide bonds. The molecule has 27 heavy (non-hydrogen) atoms. The van der Waals surface area contributed by atoms with Crippen molar-refractivity contribution in [1.82, 2.24) is 5.16 Å². The molecule has 0 saturated heterocycles. The predicted octanol–water partition coefficient (Wildman–Crippen LogP) is 7.00. The summed E-state index contributed by atoms with van der Waals surface area (Å²) in [7, 11) is 0.